The Balaban J connectivity index is 2.67. The molecule has 0 bridgehead atoms. The quantitative estimate of drug-likeness (QED) is 0.866. The first kappa shape index (κ1) is 14.5. The highest BCUT2D eigenvalue weighted by molar-refractivity contribution is 7.99. The lowest BCUT2D eigenvalue weighted by Gasteiger charge is -2.11. The molecule has 0 aliphatic carbocycles. The van der Waals surface area contributed by atoms with Crippen LogP contribution in [-0.4, -0.2) is 26.5 Å². The van der Waals surface area contributed by atoms with E-state index >= 15 is 0 Å². The molecule has 17 heavy (non-hydrogen) atoms. The zero-order valence-electron chi connectivity index (χ0n) is 10.4. The Hall–Kier alpha value is -0.520. The van der Waals surface area contributed by atoms with E-state index in [1.54, 1.807) is 36.9 Å². The molecule has 0 saturated heterocycles. The number of benzene rings is 1. The lowest BCUT2D eigenvalue weighted by Crippen LogP contribution is -2.26. The van der Waals surface area contributed by atoms with E-state index in [-0.39, 0.29) is 0 Å². The second kappa shape index (κ2) is 6.42. The van der Waals surface area contributed by atoms with Gasteiger partial charge in [-0.3, -0.25) is 0 Å². The van der Waals surface area contributed by atoms with Gasteiger partial charge in [0.25, 0.3) is 0 Å². The maximum Gasteiger partial charge on any atom is 0.240 e. The summed E-state index contributed by atoms with van der Waals surface area (Å²) in [5.41, 5.74) is 0.776. The number of sulfonamides is 1. The fraction of sp³-hybridized carbons (Fsp3) is 0.500. The number of hydrogen-bond acceptors (Lipinski definition) is 3. The van der Waals surface area contributed by atoms with Crippen LogP contribution < -0.4 is 4.72 Å². The van der Waals surface area contributed by atoms with Crippen LogP contribution in [0.15, 0.2) is 29.2 Å². The van der Waals surface area contributed by atoms with Crippen molar-refractivity contribution in [1.82, 2.24) is 4.72 Å². The fourth-order valence-corrected chi connectivity index (χ4v) is 3.10. The average molecular weight is 273 g/mol. The van der Waals surface area contributed by atoms with Gasteiger partial charge in [0.2, 0.25) is 10.0 Å². The highest BCUT2D eigenvalue weighted by Gasteiger charge is 2.15. The average Bonchev–Trinajstić information content (AvgIpc) is 2.28. The first-order chi connectivity index (χ1) is 7.97. The van der Waals surface area contributed by atoms with Crippen LogP contribution in [0.2, 0.25) is 0 Å². The minimum Gasteiger partial charge on any atom is -0.211 e. The highest BCUT2D eigenvalue weighted by Crippen LogP contribution is 2.14. The molecule has 0 aromatic heterocycles. The van der Waals surface area contributed by atoms with Gasteiger partial charge in [-0.15, -0.1) is 0 Å². The van der Waals surface area contributed by atoms with Crippen molar-refractivity contribution in [1.29, 1.82) is 0 Å². The van der Waals surface area contributed by atoms with Crippen LogP contribution in [0, 0.1) is 6.92 Å². The molecular formula is C12H19NO2S2. The molecule has 1 N–H and O–H groups in total. The van der Waals surface area contributed by atoms with Gasteiger partial charge in [-0.1, -0.05) is 25.1 Å². The van der Waals surface area contributed by atoms with Crippen molar-refractivity contribution in [3.63, 3.8) is 0 Å². The van der Waals surface area contributed by atoms with E-state index in [0.717, 1.165) is 12.0 Å². The van der Waals surface area contributed by atoms with E-state index in [1.807, 2.05) is 12.3 Å². The Morgan fingerprint density at radius 1 is 1.35 bits per heavy atom. The first-order valence-electron chi connectivity index (χ1n) is 5.55. The Bertz CT molecular complexity index is 457. The summed E-state index contributed by atoms with van der Waals surface area (Å²) >= 11 is 1.74. The summed E-state index contributed by atoms with van der Waals surface area (Å²) < 4.78 is 26.7. The molecule has 0 aliphatic heterocycles. The van der Waals surface area contributed by atoms with Crippen LogP contribution in [0.4, 0.5) is 0 Å². The van der Waals surface area contributed by atoms with Crippen LogP contribution >= 0.6 is 11.8 Å². The predicted molar refractivity (Wildman–Crippen MR) is 74.0 cm³/mol. The molecule has 0 amide bonds. The minimum absolute atomic E-state index is 0.372. The summed E-state index contributed by atoms with van der Waals surface area (Å²) in [5.74, 6) is 0. The number of nitrogens with one attached hydrogen (secondary N) is 1. The third-order valence-corrected chi connectivity index (χ3v) is 5.29. The molecule has 0 radical (unpaired) electrons. The summed E-state index contributed by atoms with van der Waals surface area (Å²) in [5, 5.41) is 0.467. The third-order valence-electron chi connectivity index (χ3n) is 2.63. The normalized spacial score (nSPS) is 13.6. The van der Waals surface area contributed by atoms with Gasteiger partial charge >= 0.3 is 0 Å². The van der Waals surface area contributed by atoms with Crippen molar-refractivity contribution in [2.45, 2.75) is 30.4 Å². The summed E-state index contributed by atoms with van der Waals surface area (Å²) in [6.45, 7) is 4.38. The number of rotatable bonds is 6. The van der Waals surface area contributed by atoms with Gasteiger partial charge in [-0.05, 0) is 31.2 Å². The molecule has 0 saturated carbocycles. The van der Waals surface area contributed by atoms with Crippen molar-refractivity contribution < 1.29 is 8.42 Å². The number of thioether (sulfide) groups is 1. The van der Waals surface area contributed by atoms with Gasteiger partial charge in [0, 0.05) is 11.8 Å². The molecule has 5 heteroatoms. The summed E-state index contributed by atoms with van der Waals surface area (Å²) in [6, 6.07) is 7.02. The van der Waals surface area contributed by atoms with Crippen molar-refractivity contribution in [3.8, 4) is 0 Å². The zero-order chi connectivity index (χ0) is 12.9. The van der Waals surface area contributed by atoms with Crippen LogP contribution in [0.25, 0.3) is 0 Å². The lowest BCUT2D eigenvalue weighted by molar-refractivity contribution is 0.578. The maximum atomic E-state index is 12.0. The Morgan fingerprint density at radius 3 is 2.59 bits per heavy atom. The van der Waals surface area contributed by atoms with E-state index in [0.29, 0.717) is 16.7 Å². The predicted octanol–water partition coefficient (Wildman–Crippen LogP) is 2.41. The van der Waals surface area contributed by atoms with Crippen molar-refractivity contribution in [2.24, 2.45) is 0 Å². The van der Waals surface area contributed by atoms with Crippen LogP contribution in [0.3, 0.4) is 0 Å². The smallest absolute Gasteiger partial charge is 0.211 e. The zero-order valence-corrected chi connectivity index (χ0v) is 12.1. The second-order valence-electron chi connectivity index (χ2n) is 4.00. The van der Waals surface area contributed by atoms with Crippen LogP contribution in [0.5, 0.6) is 0 Å². The molecular weight excluding hydrogens is 254 g/mol. The molecule has 0 fully saturated rings. The van der Waals surface area contributed by atoms with E-state index in [4.69, 9.17) is 0 Å². The molecule has 1 aromatic rings. The second-order valence-corrected chi connectivity index (χ2v) is 7.01. The number of hydrogen-bond donors (Lipinski definition) is 1. The van der Waals surface area contributed by atoms with Gasteiger partial charge in [-0.2, -0.15) is 11.8 Å². The van der Waals surface area contributed by atoms with Crippen LogP contribution in [-0.2, 0) is 10.0 Å². The molecule has 0 spiro atoms. The molecule has 3 nitrogen and oxygen atoms in total. The largest absolute Gasteiger partial charge is 0.240 e. The standard InChI is InChI=1S/C12H19NO2S2/c1-10-6-4-5-7-12(10)17(14,15)13-9-8-11(2)16-3/h4-7,11,13H,8-9H2,1-3H3. The monoisotopic (exact) mass is 273 g/mol. The molecule has 1 rings (SSSR count). The van der Waals surface area contributed by atoms with E-state index in [2.05, 4.69) is 11.6 Å². The van der Waals surface area contributed by atoms with Crippen molar-refractivity contribution >= 4 is 21.8 Å². The topological polar surface area (TPSA) is 46.2 Å². The van der Waals surface area contributed by atoms with Gasteiger partial charge in [0.15, 0.2) is 0 Å². The van der Waals surface area contributed by atoms with Crippen molar-refractivity contribution in [2.75, 3.05) is 12.8 Å². The van der Waals surface area contributed by atoms with Gasteiger partial charge in [-0.25, -0.2) is 13.1 Å². The lowest BCUT2D eigenvalue weighted by atomic mass is 10.2. The number of aryl methyl sites for hydroxylation is 1. The van der Waals surface area contributed by atoms with E-state index in [1.165, 1.54) is 0 Å². The van der Waals surface area contributed by atoms with E-state index < -0.39 is 10.0 Å². The highest BCUT2D eigenvalue weighted by atomic mass is 32.2. The fourth-order valence-electron chi connectivity index (χ4n) is 1.45. The summed E-state index contributed by atoms with van der Waals surface area (Å²) in [6.07, 6.45) is 2.87. The maximum absolute atomic E-state index is 12.0. The molecule has 1 aromatic carbocycles. The summed E-state index contributed by atoms with van der Waals surface area (Å²) in [4.78, 5) is 0.372. The van der Waals surface area contributed by atoms with Gasteiger partial charge in [0.1, 0.15) is 0 Å². The SMILES string of the molecule is CSC(C)CCNS(=O)(=O)c1ccccc1C. The molecule has 1 atom stereocenters. The third kappa shape index (κ3) is 4.33. The molecule has 1 unspecified atom stereocenters. The van der Waals surface area contributed by atoms with Crippen LogP contribution in [0.1, 0.15) is 18.9 Å². The van der Waals surface area contributed by atoms with Crippen molar-refractivity contribution in [3.05, 3.63) is 29.8 Å². The molecule has 96 valence electrons. The Labute approximate surface area is 108 Å². The van der Waals surface area contributed by atoms with E-state index in [9.17, 15) is 8.42 Å². The Morgan fingerprint density at radius 2 is 2.00 bits per heavy atom. The van der Waals surface area contributed by atoms with Gasteiger partial charge in [0.05, 0.1) is 4.90 Å². The molecule has 0 aliphatic rings. The van der Waals surface area contributed by atoms with Gasteiger partial charge < -0.3 is 0 Å². The Kier molecular flexibility index (Phi) is 5.49. The molecule has 0 heterocycles. The summed E-state index contributed by atoms with van der Waals surface area (Å²) in [7, 11) is -3.35. The first-order valence-corrected chi connectivity index (χ1v) is 8.32. The minimum atomic E-state index is -3.35.